The summed E-state index contributed by atoms with van der Waals surface area (Å²) in [5, 5.41) is 2.83. The summed E-state index contributed by atoms with van der Waals surface area (Å²) in [6.45, 7) is 3.59. The van der Waals surface area contributed by atoms with Gasteiger partial charge >= 0.3 is 0 Å². The molecule has 3 rings (SSSR count). The molecule has 6 nitrogen and oxygen atoms in total. The molecule has 0 fully saturated rings. The van der Waals surface area contributed by atoms with Gasteiger partial charge in [0.05, 0.1) is 24.1 Å². The van der Waals surface area contributed by atoms with Crippen molar-refractivity contribution in [1.82, 2.24) is 14.9 Å². The quantitative estimate of drug-likeness (QED) is 0.676. The molecular formula is C20H23N3O3. The average Bonchev–Trinajstić information content (AvgIpc) is 3.00. The van der Waals surface area contributed by atoms with E-state index in [9.17, 15) is 4.79 Å². The number of hydrogen-bond acceptors (Lipinski definition) is 4. The summed E-state index contributed by atoms with van der Waals surface area (Å²) < 4.78 is 12.8. The lowest BCUT2D eigenvalue weighted by molar-refractivity contribution is -0.124. The van der Waals surface area contributed by atoms with E-state index in [-0.39, 0.29) is 12.5 Å². The molecule has 1 heterocycles. The maximum Gasteiger partial charge on any atom is 0.246 e. The van der Waals surface area contributed by atoms with Gasteiger partial charge in [0, 0.05) is 7.11 Å². The molecule has 1 N–H and O–H groups in total. The van der Waals surface area contributed by atoms with Crippen LogP contribution in [0.3, 0.4) is 0 Å². The molecule has 0 saturated carbocycles. The van der Waals surface area contributed by atoms with Crippen LogP contribution in [0.5, 0.6) is 5.75 Å². The number of carbonyl (C=O) groups excluding carboxylic acids is 1. The summed E-state index contributed by atoms with van der Waals surface area (Å²) in [6, 6.07) is 15.9. The number of rotatable bonds is 8. The molecule has 0 radical (unpaired) electrons. The molecule has 0 unspecified atom stereocenters. The Labute approximate surface area is 152 Å². The second-order valence-corrected chi connectivity index (χ2v) is 6.04. The van der Waals surface area contributed by atoms with Crippen LogP contribution >= 0.6 is 0 Å². The van der Waals surface area contributed by atoms with Crippen LogP contribution in [-0.4, -0.2) is 35.8 Å². The third-order valence-corrected chi connectivity index (χ3v) is 4.06. The van der Waals surface area contributed by atoms with Crippen LogP contribution in [0.2, 0.25) is 0 Å². The molecule has 26 heavy (non-hydrogen) atoms. The molecule has 0 bridgehead atoms. The topological polar surface area (TPSA) is 65.4 Å². The lowest BCUT2D eigenvalue weighted by atomic mass is 10.2. The van der Waals surface area contributed by atoms with Gasteiger partial charge in [-0.15, -0.1) is 0 Å². The smallest absolute Gasteiger partial charge is 0.246 e. The van der Waals surface area contributed by atoms with E-state index in [1.165, 1.54) is 12.7 Å². The van der Waals surface area contributed by atoms with Gasteiger partial charge in [0.15, 0.2) is 0 Å². The normalized spacial score (nSPS) is 10.8. The molecule has 1 aromatic heterocycles. The van der Waals surface area contributed by atoms with Crippen LogP contribution in [0.25, 0.3) is 11.0 Å². The molecule has 1 amide bonds. The Bertz CT molecular complexity index is 872. The van der Waals surface area contributed by atoms with E-state index >= 15 is 0 Å². The first-order valence-corrected chi connectivity index (χ1v) is 8.56. The van der Waals surface area contributed by atoms with E-state index in [4.69, 9.17) is 9.47 Å². The number of aromatic nitrogens is 2. The number of carbonyl (C=O) groups is 1. The lowest BCUT2D eigenvalue weighted by Gasteiger charge is -2.11. The second kappa shape index (κ2) is 8.49. The standard InChI is InChI=1S/C20H23N3O3/c1-15-7-9-16(10-8-15)26-12-11-23-18-6-4-3-5-17(18)22-19(23)13-21-20(24)14-25-2/h3-10H,11-14H2,1-2H3,(H,21,24). The number of nitrogens with zero attached hydrogens (tertiary/aromatic N) is 2. The monoisotopic (exact) mass is 353 g/mol. The minimum Gasteiger partial charge on any atom is -0.492 e. The van der Waals surface area contributed by atoms with Crippen molar-refractivity contribution >= 4 is 16.9 Å². The molecule has 0 spiro atoms. The van der Waals surface area contributed by atoms with Gasteiger partial charge in [-0.2, -0.15) is 0 Å². The van der Waals surface area contributed by atoms with Crippen LogP contribution in [0.1, 0.15) is 11.4 Å². The fraction of sp³-hybridized carbons (Fsp3) is 0.300. The van der Waals surface area contributed by atoms with Gasteiger partial charge in [0.25, 0.3) is 0 Å². The maximum absolute atomic E-state index is 11.7. The molecule has 0 saturated heterocycles. The highest BCUT2D eigenvalue weighted by Crippen LogP contribution is 2.17. The number of para-hydroxylation sites is 2. The number of amides is 1. The Hall–Kier alpha value is -2.86. The first-order valence-electron chi connectivity index (χ1n) is 8.56. The zero-order valence-corrected chi connectivity index (χ0v) is 15.1. The molecule has 6 heteroatoms. The Balaban J connectivity index is 1.71. The number of fused-ring (bicyclic) bond motifs is 1. The highest BCUT2D eigenvalue weighted by Gasteiger charge is 2.11. The van der Waals surface area contributed by atoms with E-state index in [2.05, 4.69) is 14.9 Å². The van der Waals surface area contributed by atoms with Crippen molar-refractivity contribution in [3.05, 3.63) is 59.9 Å². The third kappa shape index (κ3) is 4.40. The second-order valence-electron chi connectivity index (χ2n) is 6.04. The SMILES string of the molecule is COCC(=O)NCc1nc2ccccc2n1CCOc1ccc(C)cc1. The Morgan fingerprint density at radius 2 is 1.92 bits per heavy atom. The van der Waals surface area contributed by atoms with Crippen molar-refractivity contribution in [2.75, 3.05) is 20.3 Å². The molecule has 136 valence electrons. The van der Waals surface area contributed by atoms with Gasteiger partial charge in [-0.05, 0) is 31.2 Å². The average molecular weight is 353 g/mol. The van der Waals surface area contributed by atoms with Crippen molar-refractivity contribution in [2.45, 2.75) is 20.0 Å². The Kier molecular flexibility index (Phi) is 5.86. The number of aryl methyl sites for hydroxylation is 1. The predicted octanol–water partition coefficient (Wildman–Crippen LogP) is 2.69. The van der Waals surface area contributed by atoms with Crippen LogP contribution in [-0.2, 0) is 22.6 Å². The van der Waals surface area contributed by atoms with E-state index < -0.39 is 0 Å². The van der Waals surface area contributed by atoms with E-state index in [1.54, 1.807) is 0 Å². The van der Waals surface area contributed by atoms with Crippen LogP contribution < -0.4 is 10.1 Å². The Morgan fingerprint density at radius 3 is 2.69 bits per heavy atom. The van der Waals surface area contributed by atoms with E-state index in [0.717, 1.165) is 22.6 Å². The van der Waals surface area contributed by atoms with Crippen molar-refractivity contribution in [3.8, 4) is 5.75 Å². The summed E-state index contributed by atoms with van der Waals surface area (Å²) in [4.78, 5) is 16.3. The number of hydrogen-bond donors (Lipinski definition) is 1. The van der Waals surface area contributed by atoms with Gasteiger partial charge in [-0.3, -0.25) is 4.79 Å². The Morgan fingerprint density at radius 1 is 1.15 bits per heavy atom. The summed E-state index contributed by atoms with van der Waals surface area (Å²) in [6.07, 6.45) is 0. The summed E-state index contributed by atoms with van der Waals surface area (Å²) in [5.74, 6) is 1.47. The highest BCUT2D eigenvalue weighted by molar-refractivity contribution is 5.78. The molecular weight excluding hydrogens is 330 g/mol. The summed E-state index contributed by atoms with van der Waals surface area (Å²) >= 11 is 0. The summed E-state index contributed by atoms with van der Waals surface area (Å²) in [7, 11) is 1.50. The minimum atomic E-state index is -0.165. The van der Waals surface area contributed by atoms with E-state index in [1.807, 2.05) is 55.5 Å². The fourth-order valence-corrected chi connectivity index (χ4v) is 2.76. The fourth-order valence-electron chi connectivity index (χ4n) is 2.76. The zero-order chi connectivity index (χ0) is 18.4. The number of imidazole rings is 1. The van der Waals surface area contributed by atoms with E-state index in [0.29, 0.717) is 19.7 Å². The van der Waals surface area contributed by atoms with Crippen molar-refractivity contribution < 1.29 is 14.3 Å². The minimum absolute atomic E-state index is 0.0385. The number of methoxy groups -OCH3 is 1. The van der Waals surface area contributed by atoms with Crippen LogP contribution in [0, 0.1) is 6.92 Å². The van der Waals surface area contributed by atoms with Gasteiger partial charge < -0.3 is 19.4 Å². The third-order valence-electron chi connectivity index (χ3n) is 4.06. The van der Waals surface area contributed by atoms with Gasteiger partial charge in [0.2, 0.25) is 5.91 Å². The number of ether oxygens (including phenoxy) is 2. The lowest BCUT2D eigenvalue weighted by Crippen LogP contribution is -2.28. The first-order chi connectivity index (χ1) is 12.7. The largest absolute Gasteiger partial charge is 0.492 e. The van der Waals surface area contributed by atoms with Crippen molar-refractivity contribution in [2.24, 2.45) is 0 Å². The van der Waals surface area contributed by atoms with Gasteiger partial charge in [-0.25, -0.2) is 4.98 Å². The van der Waals surface area contributed by atoms with Gasteiger partial charge in [0.1, 0.15) is 24.8 Å². The molecule has 0 aliphatic rings. The molecule has 0 atom stereocenters. The van der Waals surface area contributed by atoms with Crippen LogP contribution in [0.15, 0.2) is 48.5 Å². The first kappa shape index (κ1) is 17.9. The molecule has 3 aromatic rings. The van der Waals surface area contributed by atoms with Crippen molar-refractivity contribution in [1.29, 1.82) is 0 Å². The number of nitrogens with one attached hydrogen (secondary N) is 1. The highest BCUT2D eigenvalue weighted by atomic mass is 16.5. The molecule has 0 aliphatic carbocycles. The maximum atomic E-state index is 11.7. The molecule has 0 aliphatic heterocycles. The predicted molar refractivity (Wildman–Crippen MR) is 100 cm³/mol. The van der Waals surface area contributed by atoms with Crippen molar-refractivity contribution in [3.63, 3.8) is 0 Å². The number of benzene rings is 2. The van der Waals surface area contributed by atoms with Gasteiger partial charge in [-0.1, -0.05) is 29.8 Å². The summed E-state index contributed by atoms with van der Waals surface area (Å²) in [5.41, 5.74) is 3.13. The zero-order valence-electron chi connectivity index (χ0n) is 15.1. The molecule has 2 aromatic carbocycles. The van der Waals surface area contributed by atoms with Crippen LogP contribution in [0.4, 0.5) is 0 Å².